The van der Waals surface area contributed by atoms with E-state index in [9.17, 15) is 4.79 Å². The van der Waals surface area contributed by atoms with Crippen LogP contribution in [0.4, 0.5) is 17.2 Å². The topological polar surface area (TPSA) is 88.6 Å². The first-order valence-corrected chi connectivity index (χ1v) is 10.1. The van der Waals surface area contributed by atoms with Gasteiger partial charge in [0.2, 0.25) is 0 Å². The highest BCUT2D eigenvalue weighted by atomic mass is 16.5. The second-order valence-corrected chi connectivity index (χ2v) is 7.27. The van der Waals surface area contributed by atoms with E-state index in [2.05, 4.69) is 31.6 Å². The molecule has 2 fully saturated rings. The molecule has 8 nitrogen and oxygen atoms in total. The first-order chi connectivity index (χ1) is 14.2. The molecule has 0 bridgehead atoms. The summed E-state index contributed by atoms with van der Waals surface area (Å²) in [5.41, 5.74) is 2.39. The molecule has 2 aliphatic rings. The van der Waals surface area contributed by atoms with Crippen molar-refractivity contribution >= 4 is 23.1 Å². The van der Waals surface area contributed by atoms with Gasteiger partial charge in [-0.2, -0.15) is 0 Å². The van der Waals surface area contributed by atoms with Gasteiger partial charge < -0.3 is 25.0 Å². The van der Waals surface area contributed by atoms with Crippen LogP contribution in [0.2, 0.25) is 0 Å². The molecule has 4 rings (SSSR count). The Balaban J connectivity index is 1.48. The van der Waals surface area contributed by atoms with E-state index in [1.54, 1.807) is 13.0 Å². The Morgan fingerprint density at radius 3 is 2.83 bits per heavy atom. The number of amides is 1. The van der Waals surface area contributed by atoms with Crippen LogP contribution in [0.25, 0.3) is 0 Å². The molecule has 29 heavy (non-hydrogen) atoms. The second kappa shape index (κ2) is 9.19. The summed E-state index contributed by atoms with van der Waals surface area (Å²) in [6, 6.07) is 9.78. The van der Waals surface area contributed by atoms with Crippen molar-refractivity contribution in [3.63, 3.8) is 0 Å². The molecule has 1 atom stereocenters. The first-order valence-electron chi connectivity index (χ1n) is 10.1. The third-order valence-electron chi connectivity index (χ3n) is 5.10. The third kappa shape index (κ3) is 5.02. The van der Waals surface area contributed by atoms with Gasteiger partial charge in [-0.15, -0.1) is 0 Å². The average Bonchev–Trinajstić information content (AvgIpc) is 3.26. The summed E-state index contributed by atoms with van der Waals surface area (Å²) in [4.78, 5) is 23.6. The summed E-state index contributed by atoms with van der Waals surface area (Å²) in [5, 5.41) is 6.28. The summed E-state index contributed by atoms with van der Waals surface area (Å²) in [6.45, 7) is 6.19. The van der Waals surface area contributed by atoms with Gasteiger partial charge in [0.15, 0.2) is 0 Å². The molecule has 2 N–H and O–H groups in total. The molecule has 1 aromatic carbocycles. The van der Waals surface area contributed by atoms with Crippen molar-refractivity contribution in [1.29, 1.82) is 0 Å². The van der Waals surface area contributed by atoms with Gasteiger partial charge in [0.1, 0.15) is 17.3 Å². The number of nitrogens with zero attached hydrogens (tertiary/aromatic N) is 3. The zero-order valence-electron chi connectivity index (χ0n) is 16.7. The Labute approximate surface area is 170 Å². The smallest absolute Gasteiger partial charge is 0.270 e. The van der Waals surface area contributed by atoms with Crippen molar-refractivity contribution in [2.45, 2.75) is 25.9 Å². The zero-order chi connectivity index (χ0) is 20.1. The number of hydrogen-bond acceptors (Lipinski definition) is 7. The minimum atomic E-state index is -0.212. The lowest BCUT2D eigenvalue weighted by atomic mass is 10.2. The SMILES string of the molecule is Cc1nc(Nc2ccccc2N2CCOCC2)cc(C(=O)NCC2CCCO2)n1. The van der Waals surface area contributed by atoms with Crippen molar-refractivity contribution in [3.05, 3.63) is 41.9 Å². The van der Waals surface area contributed by atoms with Crippen molar-refractivity contribution < 1.29 is 14.3 Å². The summed E-state index contributed by atoms with van der Waals surface area (Å²) in [7, 11) is 0. The summed E-state index contributed by atoms with van der Waals surface area (Å²) in [5.74, 6) is 0.928. The fourth-order valence-corrected chi connectivity index (χ4v) is 3.65. The predicted octanol–water partition coefficient (Wildman–Crippen LogP) is 2.27. The quantitative estimate of drug-likeness (QED) is 0.773. The molecule has 1 unspecified atom stereocenters. The number of carbonyl (C=O) groups excluding carboxylic acids is 1. The van der Waals surface area contributed by atoms with Gasteiger partial charge in [0, 0.05) is 32.3 Å². The minimum Gasteiger partial charge on any atom is -0.378 e. The van der Waals surface area contributed by atoms with Crippen LogP contribution >= 0.6 is 0 Å². The number of benzene rings is 1. The number of hydrogen-bond donors (Lipinski definition) is 2. The number of aryl methyl sites for hydroxylation is 1. The monoisotopic (exact) mass is 397 g/mol. The number of ether oxygens (including phenoxy) is 2. The standard InChI is InChI=1S/C21H27N5O3/c1-15-23-18(21(27)22-14-16-5-4-10-29-16)13-20(24-15)25-17-6-2-3-7-19(17)26-8-11-28-12-9-26/h2-3,6-7,13,16H,4-5,8-12,14H2,1H3,(H,22,27)(H,23,24,25). The normalized spacial score (nSPS) is 19.2. The molecule has 2 aliphatic heterocycles. The Morgan fingerprint density at radius 1 is 1.21 bits per heavy atom. The van der Waals surface area contributed by atoms with E-state index in [1.165, 1.54) is 0 Å². The molecule has 2 saturated heterocycles. The molecule has 0 spiro atoms. The van der Waals surface area contributed by atoms with Crippen LogP contribution in [0.1, 0.15) is 29.2 Å². The van der Waals surface area contributed by atoms with Gasteiger partial charge in [-0.1, -0.05) is 12.1 Å². The lowest BCUT2D eigenvalue weighted by Gasteiger charge is -2.30. The van der Waals surface area contributed by atoms with Crippen LogP contribution in [-0.4, -0.2) is 61.4 Å². The van der Waals surface area contributed by atoms with Crippen molar-refractivity contribution in [3.8, 4) is 0 Å². The number of para-hydroxylation sites is 2. The van der Waals surface area contributed by atoms with E-state index in [4.69, 9.17) is 9.47 Å². The van der Waals surface area contributed by atoms with E-state index >= 15 is 0 Å². The number of morpholine rings is 1. The number of rotatable bonds is 6. The number of aromatic nitrogens is 2. The predicted molar refractivity (Wildman–Crippen MR) is 111 cm³/mol. The van der Waals surface area contributed by atoms with E-state index in [1.807, 2.05) is 18.2 Å². The van der Waals surface area contributed by atoms with Gasteiger partial charge in [-0.3, -0.25) is 4.79 Å². The molecule has 0 aliphatic carbocycles. The van der Waals surface area contributed by atoms with Crippen molar-refractivity contribution in [2.75, 3.05) is 49.7 Å². The summed E-state index contributed by atoms with van der Waals surface area (Å²) < 4.78 is 11.0. The van der Waals surface area contributed by atoms with Crippen LogP contribution in [0.3, 0.4) is 0 Å². The van der Waals surface area contributed by atoms with Gasteiger partial charge in [0.05, 0.1) is 30.7 Å². The maximum atomic E-state index is 12.6. The molecule has 1 amide bonds. The number of carbonyl (C=O) groups is 1. The second-order valence-electron chi connectivity index (χ2n) is 7.27. The zero-order valence-corrected chi connectivity index (χ0v) is 16.7. The molecule has 1 aromatic heterocycles. The Bertz CT molecular complexity index is 848. The number of anilines is 3. The molecular formula is C21H27N5O3. The van der Waals surface area contributed by atoms with E-state index < -0.39 is 0 Å². The van der Waals surface area contributed by atoms with Crippen LogP contribution in [-0.2, 0) is 9.47 Å². The van der Waals surface area contributed by atoms with Gasteiger partial charge >= 0.3 is 0 Å². The van der Waals surface area contributed by atoms with Crippen LogP contribution in [0, 0.1) is 6.92 Å². The fourth-order valence-electron chi connectivity index (χ4n) is 3.65. The summed E-state index contributed by atoms with van der Waals surface area (Å²) in [6.07, 6.45) is 2.12. The van der Waals surface area contributed by atoms with Crippen molar-refractivity contribution in [1.82, 2.24) is 15.3 Å². The average molecular weight is 397 g/mol. The maximum Gasteiger partial charge on any atom is 0.270 e. The highest BCUT2D eigenvalue weighted by molar-refractivity contribution is 5.93. The van der Waals surface area contributed by atoms with Crippen molar-refractivity contribution in [2.24, 2.45) is 0 Å². The molecule has 0 radical (unpaired) electrons. The van der Waals surface area contributed by atoms with E-state index in [0.29, 0.717) is 23.9 Å². The molecular weight excluding hydrogens is 370 g/mol. The maximum absolute atomic E-state index is 12.6. The molecule has 0 saturated carbocycles. The molecule has 154 valence electrons. The molecule has 8 heteroatoms. The molecule has 3 heterocycles. The third-order valence-corrected chi connectivity index (χ3v) is 5.10. The largest absolute Gasteiger partial charge is 0.378 e. The Kier molecular flexibility index (Phi) is 6.21. The molecule has 2 aromatic rings. The highest BCUT2D eigenvalue weighted by Gasteiger charge is 2.19. The Hall–Kier alpha value is -2.71. The lowest BCUT2D eigenvalue weighted by molar-refractivity contribution is 0.0853. The van der Waals surface area contributed by atoms with E-state index in [-0.39, 0.29) is 12.0 Å². The van der Waals surface area contributed by atoms with Gasteiger partial charge in [-0.25, -0.2) is 9.97 Å². The lowest BCUT2D eigenvalue weighted by Crippen LogP contribution is -2.36. The van der Waals surface area contributed by atoms with Crippen LogP contribution < -0.4 is 15.5 Å². The summed E-state index contributed by atoms with van der Waals surface area (Å²) >= 11 is 0. The Morgan fingerprint density at radius 2 is 2.03 bits per heavy atom. The van der Waals surface area contributed by atoms with Crippen LogP contribution in [0.5, 0.6) is 0 Å². The van der Waals surface area contributed by atoms with Crippen LogP contribution in [0.15, 0.2) is 30.3 Å². The first kappa shape index (κ1) is 19.6. The van der Waals surface area contributed by atoms with Gasteiger partial charge in [-0.05, 0) is 31.9 Å². The van der Waals surface area contributed by atoms with E-state index in [0.717, 1.165) is 57.1 Å². The minimum absolute atomic E-state index is 0.0971. The fraction of sp³-hybridized carbons (Fsp3) is 0.476. The van der Waals surface area contributed by atoms with Gasteiger partial charge in [0.25, 0.3) is 5.91 Å². The number of nitrogens with one attached hydrogen (secondary N) is 2. The highest BCUT2D eigenvalue weighted by Crippen LogP contribution is 2.28.